The number of carbonyl (C=O) groups is 2. The number of hydrogen-bond donors (Lipinski definition) is 2. The third-order valence-corrected chi connectivity index (χ3v) is 3.66. The number of nitrogens with one attached hydrogen (secondary N) is 1. The van der Waals surface area contributed by atoms with Gasteiger partial charge in [-0.3, -0.25) is 4.79 Å². The Morgan fingerprint density at radius 2 is 1.75 bits per heavy atom. The lowest BCUT2D eigenvalue weighted by molar-refractivity contribution is -0.138. The van der Waals surface area contributed by atoms with Gasteiger partial charge in [0.2, 0.25) is 0 Å². The number of carboxylic acid groups (broad SMARTS) is 1. The molecule has 0 fully saturated rings. The molecule has 2 aromatic carbocycles. The fourth-order valence-electron chi connectivity index (χ4n) is 2.29. The fraction of sp³-hybridized carbons (Fsp3) is 0.263. The second-order valence-electron chi connectivity index (χ2n) is 5.38. The largest absolute Gasteiger partial charge is 0.481 e. The van der Waals surface area contributed by atoms with Crippen molar-refractivity contribution >= 4 is 11.9 Å². The first-order chi connectivity index (χ1) is 11.6. The summed E-state index contributed by atoms with van der Waals surface area (Å²) < 4.78 is 5.26. The van der Waals surface area contributed by atoms with E-state index in [1.165, 1.54) is 0 Å². The van der Waals surface area contributed by atoms with E-state index < -0.39 is 11.9 Å². The minimum absolute atomic E-state index is 0.152. The zero-order valence-corrected chi connectivity index (χ0v) is 13.6. The average molecular weight is 327 g/mol. The highest BCUT2D eigenvalue weighted by atomic mass is 16.5. The summed E-state index contributed by atoms with van der Waals surface area (Å²) in [4.78, 5) is 23.2. The van der Waals surface area contributed by atoms with Crippen LogP contribution in [0.4, 0.5) is 0 Å². The third-order valence-electron chi connectivity index (χ3n) is 3.66. The number of carboxylic acids is 1. The standard InChI is InChI=1S/C19H21NO4/c1-2-20-12-17(18(21)22)15-10-8-14(9-11-15)13-24-19(23)16-6-4-3-5-7-16/h3-11,17,20H,2,12-13H2,1H3,(H,21,22)/t17-/m1/s1. The van der Waals surface area contributed by atoms with E-state index in [4.69, 9.17) is 4.74 Å². The molecule has 0 heterocycles. The van der Waals surface area contributed by atoms with Crippen LogP contribution in [0, 0.1) is 0 Å². The lowest BCUT2D eigenvalue weighted by Crippen LogP contribution is -2.26. The van der Waals surface area contributed by atoms with Crippen LogP contribution in [0.15, 0.2) is 54.6 Å². The summed E-state index contributed by atoms with van der Waals surface area (Å²) in [7, 11) is 0. The van der Waals surface area contributed by atoms with Crippen LogP contribution in [0.1, 0.15) is 34.3 Å². The molecule has 2 N–H and O–H groups in total. The topological polar surface area (TPSA) is 75.6 Å². The molecule has 5 heteroatoms. The van der Waals surface area contributed by atoms with Crippen molar-refractivity contribution in [2.75, 3.05) is 13.1 Å². The van der Waals surface area contributed by atoms with Crippen LogP contribution in [-0.2, 0) is 16.1 Å². The highest BCUT2D eigenvalue weighted by Crippen LogP contribution is 2.17. The first kappa shape index (κ1) is 17.7. The van der Waals surface area contributed by atoms with Crippen LogP contribution in [0.25, 0.3) is 0 Å². The summed E-state index contributed by atoms with van der Waals surface area (Å²) in [5.41, 5.74) is 2.04. The first-order valence-corrected chi connectivity index (χ1v) is 7.86. The molecular weight excluding hydrogens is 306 g/mol. The molecule has 5 nitrogen and oxygen atoms in total. The van der Waals surface area contributed by atoms with Crippen molar-refractivity contribution in [1.82, 2.24) is 5.32 Å². The van der Waals surface area contributed by atoms with Crippen molar-refractivity contribution in [3.8, 4) is 0 Å². The van der Waals surface area contributed by atoms with E-state index in [-0.39, 0.29) is 12.6 Å². The third kappa shape index (κ3) is 4.93. The van der Waals surface area contributed by atoms with Crippen molar-refractivity contribution < 1.29 is 19.4 Å². The van der Waals surface area contributed by atoms with Gasteiger partial charge in [-0.2, -0.15) is 0 Å². The van der Waals surface area contributed by atoms with Gasteiger partial charge in [0.1, 0.15) is 6.61 Å². The molecule has 0 aliphatic rings. The smallest absolute Gasteiger partial charge is 0.338 e. The molecule has 0 unspecified atom stereocenters. The Kier molecular flexibility index (Phi) is 6.51. The molecule has 1 atom stereocenters. The summed E-state index contributed by atoms with van der Waals surface area (Å²) >= 11 is 0. The number of carbonyl (C=O) groups excluding carboxylic acids is 1. The molecule has 2 aromatic rings. The Balaban J connectivity index is 1.96. The molecule has 0 aliphatic carbocycles. The van der Waals surface area contributed by atoms with Gasteiger partial charge in [-0.1, -0.05) is 49.4 Å². The van der Waals surface area contributed by atoms with Gasteiger partial charge in [-0.25, -0.2) is 4.79 Å². The predicted octanol–water partition coefficient (Wildman–Crippen LogP) is 2.82. The second-order valence-corrected chi connectivity index (χ2v) is 5.38. The summed E-state index contributed by atoms with van der Waals surface area (Å²) in [6.07, 6.45) is 0. The summed E-state index contributed by atoms with van der Waals surface area (Å²) in [5, 5.41) is 12.4. The van der Waals surface area contributed by atoms with Gasteiger partial charge < -0.3 is 15.2 Å². The number of hydrogen-bond acceptors (Lipinski definition) is 4. The molecule has 0 amide bonds. The average Bonchev–Trinajstić information content (AvgIpc) is 2.61. The van der Waals surface area contributed by atoms with Gasteiger partial charge in [0.15, 0.2) is 0 Å². The number of rotatable bonds is 8. The van der Waals surface area contributed by atoms with E-state index in [9.17, 15) is 14.7 Å². The van der Waals surface area contributed by atoms with E-state index in [0.29, 0.717) is 12.1 Å². The number of ether oxygens (including phenoxy) is 1. The maximum Gasteiger partial charge on any atom is 0.338 e. The highest BCUT2D eigenvalue weighted by molar-refractivity contribution is 5.89. The van der Waals surface area contributed by atoms with Crippen LogP contribution in [0.3, 0.4) is 0 Å². The lowest BCUT2D eigenvalue weighted by atomic mass is 9.98. The van der Waals surface area contributed by atoms with E-state index >= 15 is 0 Å². The highest BCUT2D eigenvalue weighted by Gasteiger charge is 2.19. The molecule has 0 aromatic heterocycles. The molecule has 24 heavy (non-hydrogen) atoms. The SMILES string of the molecule is CCNC[C@@H](C(=O)O)c1ccc(COC(=O)c2ccccc2)cc1. The molecule has 126 valence electrons. The van der Waals surface area contributed by atoms with Crippen molar-refractivity contribution in [2.45, 2.75) is 19.4 Å². The van der Waals surface area contributed by atoms with Gasteiger partial charge >= 0.3 is 11.9 Å². The number of benzene rings is 2. The van der Waals surface area contributed by atoms with Gasteiger partial charge in [-0.15, -0.1) is 0 Å². The Bertz CT molecular complexity index is 668. The minimum atomic E-state index is -0.862. The zero-order valence-electron chi connectivity index (χ0n) is 13.6. The van der Waals surface area contributed by atoms with E-state index in [2.05, 4.69) is 5.32 Å². The Hall–Kier alpha value is -2.66. The van der Waals surface area contributed by atoms with Crippen molar-refractivity contribution in [3.05, 3.63) is 71.3 Å². The molecule has 0 spiro atoms. The van der Waals surface area contributed by atoms with Gasteiger partial charge in [0.25, 0.3) is 0 Å². The van der Waals surface area contributed by atoms with Crippen LogP contribution < -0.4 is 5.32 Å². The summed E-state index contributed by atoms with van der Waals surface area (Å²) in [6.45, 7) is 3.19. The van der Waals surface area contributed by atoms with Gasteiger partial charge in [0.05, 0.1) is 11.5 Å². The van der Waals surface area contributed by atoms with Crippen LogP contribution in [0.5, 0.6) is 0 Å². The monoisotopic (exact) mass is 327 g/mol. The van der Waals surface area contributed by atoms with Crippen LogP contribution in [-0.4, -0.2) is 30.1 Å². The maximum absolute atomic E-state index is 11.9. The summed E-state index contributed by atoms with van der Waals surface area (Å²) in [5.74, 6) is -1.83. The lowest BCUT2D eigenvalue weighted by Gasteiger charge is -2.13. The fourth-order valence-corrected chi connectivity index (χ4v) is 2.29. The number of esters is 1. The molecule has 2 rings (SSSR count). The van der Waals surface area contributed by atoms with Gasteiger partial charge in [0, 0.05) is 6.54 Å². The molecular formula is C19H21NO4. The molecule has 0 saturated carbocycles. The Morgan fingerprint density at radius 3 is 2.33 bits per heavy atom. The maximum atomic E-state index is 11.9. The van der Waals surface area contributed by atoms with E-state index in [1.807, 2.05) is 13.0 Å². The van der Waals surface area contributed by atoms with E-state index in [1.54, 1.807) is 48.5 Å². The molecule has 0 radical (unpaired) electrons. The Labute approximate surface area is 141 Å². The van der Waals surface area contributed by atoms with Crippen LogP contribution >= 0.6 is 0 Å². The normalized spacial score (nSPS) is 11.7. The molecule has 0 bridgehead atoms. The molecule has 0 saturated heterocycles. The zero-order chi connectivity index (χ0) is 17.4. The molecule has 0 aliphatic heterocycles. The number of aliphatic carboxylic acids is 1. The van der Waals surface area contributed by atoms with E-state index in [0.717, 1.165) is 17.7 Å². The van der Waals surface area contributed by atoms with Crippen LogP contribution in [0.2, 0.25) is 0 Å². The van der Waals surface area contributed by atoms with Crippen molar-refractivity contribution in [1.29, 1.82) is 0 Å². The first-order valence-electron chi connectivity index (χ1n) is 7.86. The second kappa shape index (κ2) is 8.84. The predicted molar refractivity (Wildman–Crippen MR) is 90.9 cm³/mol. The minimum Gasteiger partial charge on any atom is -0.481 e. The van der Waals surface area contributed by atoms with Gasteiger partial charge in [-0.05, 0) is 29.8 Å². The number of likely N-dealkylation sites (N-methyl/N-ethyl adjacent to an activating group) is 1. The Morgan fingerprint density at radius 1 is 1.08 bits per heavy atom. The quantitative estimate of drug-likeness (QED) is 0.729. The van der Waals surface area contributed by atoms with Crippen molar-refractivity contribution in [2.24, 2.45) is 0 Å². The summed E-state index contributed by atoms with van der Waals surface area (Å²) in [6, 6.07) is 15.9. The van der Waals surface area contributed by atoms with Crippen molar-refractivity contribution in [3.63, 3.8) is 0 Å².